The van der Waals surface area contributed by atoms with E-state index in [0.29, 0.717) is 16.3 Å². The molecule has 100 valence electrons. The molecule has 1 aromatic carbocycles. The summed E-state index contributed by atoms with van der Waals surface area (Å²) in [5.74, 6) is -0.102. The molecule has 2 rings (SSSR count). The summed E-state index contributed by atoms with van der Waals surface area (Å²) in [4.78, 5) is 12.7. The second kappa shape index (κ2) is 5.47. The molecule has 2 aromatic rings. The van der Waals surface area contributed by atoms with E-state index in [1.165, 1.54) is 6.20 Å². The van der Waals surface area contributed by atoms with Gasteiger partial charge in [0.2, 0.25) is 5.78 Å². The highest BCUT2D eigenvalue weighted by molar-refractivity contribution is 9.10. The Morgan fingerprint density at radius 2 is 2.11 bits per heavy atom. The van der Waals surface area contributed by atoms with E-state index in [4.69, 9.17) is 11.6 Å². The monoisotopic (exact) mass is 340 g/mol. The molecule has 0 aliphatic heterocycles. The molecule has 0 bridgehead atoms. The molecule has 0 amide bonds. The lowest BCUT2D eigenvalue weighted by molar-refractivity contribution is 0.102. The number of hydrogen-bond acceptors (Lipinski definition) is 2. The average Bonchev–Trinajstić information content (AvgIpc) is 2.73. The Bertz CT molecular complexity index is 634. The van der Waals surface area contributed by atoms with Gasteiger partial charge in [-0.2, -0.15) is 5.10 Å². The van der Waals surface area contributed by atoms with E-state index in [1.807, 2.05) is 39.0 Å². The highest BCUT2D eigenvalue weighted by atomic mass is 79.9. The van der Waals surface area contributed by atoms with E-state index in [-0.39, 0.29) is 11.8 Å². The zero-order valence-corrected chi connectivity index (χ0v) is 13.3. The first kappa shape index (κ1) is 14.3. The number of hydrogen-bond donors (Lipinski definition) is 0. The van der Waals surface area contributed by atoms with Crippen LogP contribution in [0.15, 0.2) is 28.9 Å². The fourth-order valence-electron chi connectivity index (χ4n) is 1.91. The topological polar surface area (TPSA) is 34.9 Å². The van der Waals surface area contributed by atoms with Crippen LogP contribution >= 0.6 is 27.5 Å². The van der Waals surface area contributed by atoms with Crippen molar-refractivity contribution in [2.75, 3.05) is 0 Å². The molecule has 1 heterocycles. The Balaban J connectivity index is 2.56. The number of carbonyl (C=O) groups is 1. The minimum absolute atomic E-state index is 0.0823. The van der Waals surface area contributed by atoms with Crippen LogP contribution in [-0.4, -0.2) is 15.6 Å². The molecule has 0 aliphatic carbocycles. The van der Waals surface area contributed by atoms with E-state index >= 15 is 0 Å². The third kappa shape index (κ3) is 2.74. The molecule has 3 nitrogen and oxygen atoms in total. The van der Waals surface area contributed by atoms with Gasteiger partial charge < -0.3 is 0 Å². The summed E-state index contributed by atoms with van der Waals surface area (Å²) in [6, 6.07) is 5.71. The van der Waals surface area contributed by atoms with Gasteiger partial charge in [-0.15, -0.1) is 0 Å². The number of benzene rings is 1. The quantitative estimate of drug-likeness (QED) is 0.775. The van der Waals surface area contributed by atoms with Crippen molar-refractivity contribution in [2.45, 2.75) is 26.8 Å². The predicted octanol–water partition coefficient (Wildman–Crippen LogP) is 4.42. The maximum absolute atomic E-state index is 12.7. The van der Waals surface area contributed by atoms with Crippen molar-refractivity contribution in [3.8, 4) is 0 Å². The summed E-state index contributed by atoms with van der Waals surface area (Å²) in [5, 5.41) is 4.55. The summed E-state index contributed by atoms with van der Waals surface area (Å²) in [5.41, 5.74) is 2.00. The highest BCUT2D eigenvalue weighted by Crippen LogP contribution is 2.25. The molecule has 0 N–H and O–H groups in total. The third-order valence-corrected chi connectivity index (χ3v) is 3.67. The number of halogens is 2. The van der Waals surface area contributed by atoms with Crippen LogP contribution in [0.2, 0.25) is 5.02 Å². The molecule has 0 spiro atoms. The first-order valence-corrected chi connectivity index (χ1v) is 7.12. The lowest BCUT2D eigenvalue weighted by Gasteiger charge is -2.12. The smallest absolute Gasteiger partial charge is 0.212 e. The summed E-state index contributed by atoms with van der Waals surface area (Å²) in [6.45, 7) is 5.84. The number of rotatable bonds is 3. The van der Waals surface area contributed by atoms with Gasteiger partial charge in [0.25, 0.3) is 0 Å². The van der Waals surface area contributed by atoms with Crippen molar-refractivity contribution in [2.24, 2.45) is 0 Å². The Hall–Kier alpha value is -1.13. The van der Waals surface area contributed by atoms with Gasteiger partial charge in [-0.3, -0.25) is 9.48 Å². The number of aromatic nitrogens is 2. The Morgan fingerprint density at radius 3 is 2.74 bits per heavy atom. The molecule has 0 saturated carbocycles. The van der Waals surface area contributed by atoms with Crippen LogP contribution in [0.4, 0.5) is 0 Å². The molecule has 1 aromatic heterocycles. The van der Waals surface area contributed by atoms with Gasteiger partial charge in [-0.1, -0.05) is 33.6 Å². The van der Waals surface area contributed by atoms with Crippen LogP contribution in [0.5, 0.6) is 0 Å². The van der Waals surface area contributed by atoms with Gasteiger partial charge >= 0.3 is 0 Å². The van der Waals surface area contributed by atoms with Crippen LogP contribution < -0.4 is 0 Å². The van der Waals surface area contributed by atoms with E-state index in [2.05, 4.69) is 21.0 Å². The Kier molecular flexibility index (Phi) is 4.11. The van der Waals surface area contributed by atoms with Crippen LogP contribution in [0, 0.1) is 6.92 Å². The van der Waals surface area contributed by atoms with Gasteiger partial charge in [0.1, 0.15) is 5.69 Å². The minimum Gasteiger partial charge on any atom is -0.287 e. The Morgan fingerprint density at radius 1 is 1.42 bits per heavy atom. The van der Waals surface area contributed by atoms with Crippen molar-refractivity contribution >= 4 is 33.3 Å². The Labute approximate surface area is 125 Å². The lowest BCUT2D eigenvalue weighted by atomic mass is 10.0. The van der Waals surface area contributed by atoms with Gasteiger partial charge in [-0.05, 0) is 38.5 Å². The first-order chi connectivity index (χ1) is 8.91. The van der Waals surface area contributed by atoms with Crippen LogP contribution in [0.25, 0.3) is 0 Å². The van der Waals surface area contributed by atoms with E-state index in [0.717, 1.165) is 10.0 Å². The third-order valence-electron chi connectivity index (χ3n) is 2.90. The second-order valence-electron chi connectivity index (χ2n) is 4.67. The zero-order valence-electron chi connectivity index (χ0n) is 10.9. The maximum atomic E-state index is 12.7. The molecule has 5 heteroatoms. The summed E-state index contributed by atoms with van der Waals surface area (Å²) >= 11 is 9.50. The SMILES string of the molecule is Cc1ccc(Br)cc1C(=O)c1c(Cl)cnn1C(C)C. The molecule has 0 saturated heterocycles. The number of carbonyl (C=O) groups excluding carboxylic acids is 1. The molecular formula is C14H14BrClN2O. The highest BCUT2D eigenvalue weighted by Gasteiger charge is 2.22. The zero-order chi connectivity index (χ0) is 14.2. The lowest BCUT2D eigenvalue weighted by Crippen LogP contribution is -2.14. The van der Waals surface area contributed by atoms with Crippen LogP contribution in [0.1, 0.15) is 41.5 Å². The summed E-state index contributed by atoms with van der Waals surface area (Å²) < 4.78 is 2.53. The van der Waals surface area contributed by atoms with Crippen molar-refractivity contribution in [1.29, 1.82) is 0 Å². The van der Waals surface area contributed by atoms with Crippen molar-refractivity contribution in [1.82, 2.24) is 9.78 Å². The fourth-order valence-corrected chi connectivity index (χ4v) is 2.49. The van der Waals surface area contributed by atoms with Crippen LogP contribution in [0.3, 0.4) is 0 Å². The number of ketones is 1. The standard InChI is InChI=1S/C14H14BrClN2O/c1-8(2)18-13(12(16)7-17-18)14(19)11-6-10(15)5-4-9(11)3/h4-8H,1-3H3. The van der Waals surface area contributed by atoms with Gasteiger partial charge in [-0.25, -0.2) is 0 Å². The van der Waals surface area contributed by atoms with E-state index in [1.54, 1.807) is 4.68 Å². The predicted molar refractivity (Wildman–Crippen MR) is 79.9 cm³/mol. The normalized spacial score (nSPS) is 11.1. The van der Waals surface area contributed by atoms with Crippen molar-refractivity contribution in [3.05, 3.63) is 50.7 Å². The van der Waals surface area contributed by atoms with Crippen LogP contribution in [-0.2, 0) is 0 Å². The molecule has 0 atom stereocenters. The fraction of sp³-hybridized carbons (Fsp3) is 0.286. The molecule has 0 radical (unpaired) electrons. The van der Waals surface area contributed by atoms with Gasteiger partial charge in [0.15, 0.2) is 0 Å². The largest absolute Gasteiger partial charge is 0.287 e. The molecule has 19 heavy (non-hydrogen) atoms. The number of aryl methyl sites for hydroxylation is 1. The molecule has 0 unspecified atom stereocenters. The van der Waals surface area contributed by atoms with Crippen molar-refractivity contribution in [3.63, 3.8) is 0 Å². The second-order valence-corrected chi connectivity index (χ2v) is 5.99. The molecule has 0 aliphatic rings. The molecule has 0 fully saturated rings. The van der Waals surface area contributed by atoms with E-state index < -0.39 is 0 Å². The first-order valence-electron chi connectivity index (χ1n) is 5.95. The van der Waals surface area contributed by atoms with Gasteiger partial charge in [0.05, 0.1) is 11.2 Å². The summed E-state index contributed by atoms with van der Waals surface area (Å²) in [6.07, 6.45) is 1.52. The average molecular weight is 342 g/mol. The maximum Gasteiger partial charge on any atom is 0.212 e. The number of nitrogens with zero attached hydrogens (tertiary/aromatic N) is 2. The molecular weight excluding hydrogens is 328 g/mol. The minimum atomic E-state index is -0.102. The summed E-state index contributed by atoms with van der Waals surface area (Å²) in [7, 11) is 0. The van der Waals surface area contributed by atoms with E-state index in [9.17, 15) is 4.79 Å². The van der Waals surface area contributed by atoms with Crippen molar-refractivity contribution < 1.29 is 4.79 Å². The van der Waals surface area contributed by atoms with Gasteiger partial charge in [0, 0.05) is 16.1 Å².